The van der Waals surface area contributed by atoms with Gasteiger partial charge in [0.05, 0.1) is 34.8 Å². The predicted octanol–water partition coefficient (Wildman–Crippen LogP) is 4.45. The van der Waals surface area contributed by atoms with Crippen LogP contribution >= 0.6 is 0 Å². The van der Waals surface area contributed by atoms with Crippen molar-refractivity contribution in [3.8, 4) is 5.75 Å². The summed E-state index contributed by atoms with van der Waals surface area (Å²) in [6.45, 7) is 7.66. The number of halogens is 1. The molecule has 158 valence electrons. The van der Waals surface area contributed by atoms with Crippen LogP contribution in [-0.2, 0) is 27.1 Å². The van der Waals surface area contributed by atoms with Gasteiger partial charge in [-0.25, -0.2) is 13.3 Å². The molecule has 2 aromatic rings. The Morgan fingerprint density at radius 2 is 1.86 bits per heavy atom. The molecule has 0 aliphatic carbocycles. The maximum Gasteiger partial charge on any atom is 0.307 e. The highest BCUT2D eigenvalue weighted by Gasteiger charge is 2.26. The van der Waals surface area contributed by atoms with E-state index in [4.69, 9.17) is 9.47 Å². The molecular formula is C22H28FNO4S. The van der Waals surface area contributed by atoms with Crippen LogP contribution in [0.4, 0.5) is 4.39 Å². The number of carbonyl (C=O) groups is 1. The van der Waals surface area contributed by atoms with E-state index in [1.807, 2.05) is 51.1 Å². The largest absolute Gasteiger partial charge is 0.486 e. The van der Waals surface area contributed by atoms with E-state index in [-0.39, 0.29) is 25.4 Å². The van der Waals surface area contributed by atoms with Gasteiger partial charge >= 0.3 is 5.97 Å². The third-order valence-electron chi connectivity index (χ3n) is 4.08. The Morgan fingerprint density at radius 1 is 1.17 bits per heavy atom. The molecule has 0 aromatic heterocycles. The molecule has 7 heteroatoms. The van der Waals surface area contributed by atoms with Crippen molar-refractivity contribution in [1.82, 2.24) is 4.72 Å². The lowest BCUT2D eigenvalue weighted by molar-refractivity contribution is -0.143. The lowest BCUT2D eigenvalue weighted by Crippen LogP contribution is -2.36. The average molecular weight is 422 g/mol. The van der Waals surface area contributed by atoms with Crippen molar-refractivity contribution >= 4 is 17.0 Å². The minimum atomic E-state index is -1.44. The summed E-state index contributed by atoms with van der Waals surface area (Å²) in [7, 11) is -1.44. The van der Waals surface area contributed by atoms with E-state index in [0.29, 0.717) is 5.56 Å². The topological polar surface area (TPSA) is 64.6 Å². The molecule has 0 heterocycles. The van der Waals surface area contributed by atoms with Gasteiger partial charge in [0.2, 0.25) is 0 Å². The second-order valence-corrected chi connectivity index (χ2v) is 9.52. The number of hydrogen-bond donors (Lipinski definition) is 1. The molecule has 0 bridgehead atoms. The third kappa shape index (κ3) is 7.25. The summed E-state index contributed by atoms with van der Waals surface area (Å²) in [6.07, 6.45) is -0.0562. The fourth-order valence-corrected chi connectivity index (χ4v) is 3.34. The van der Waals surface area contributed by atoms with Crippen molar-refractivity contribution in [2.75, 3.05) is 6.61 Å². The van der Waals surface area contributed by atoms with E-state index in [9.17, 15) is 13.4 Å². The Kier molecular flexibility index (Phi) is 8.34. The molecular weight excluding hydrogens is 393 g/mol. The molecule has 0 saturated carbocycles. The number of benzene rings is 2. The minimum absolute atomic E-state index is 0.0562. The average Bonchev–Trinajstić information content (AvgIpc) is 2.66. The van der Waals surface area contributed by atoms with Gasteiger partial charge in [0, 0.05) is 0 Å². The van der Waals surface area contributed by atoms with E-state index in [1.165, 1.54) is 12.1 Å². The predicted molar refractivity (Wildman–Crippen MR) is 112 cm³/mol. The van der Waals surface area contributed by atoms with Crippen molar-refractivity contribution < 1.29 is 22.9 Å². The Labute approximate surface area is 174 Å². The standard InChI is InChI=1S/C22H28FNO4S/c1-5-27-21(25)14-19(24-29(26)22(2,3)4)17-11-12-20(18(23)13-17)28-15-16-9-7-6-8-10-16/h6-13,19,24H,5,14-15H2,1-4H3/t19-,29+/m0/s1. The van der Waals surface area contributed by atoms with Crippen LogP contribution in [0.1, 0.15) is 51.3 Å². The van der Waals surface area contributed by atoms with Crippen LogP contribution in [0.2, 0.25) is 0 Å². The molecule has 0 saturated heterocycles. The number of hydrogen-bond acceptors (Lipinski definition) is 4. The SMILES string of the molecule is CCOC(=O)C[C@H](N[S@](=O)C(C)(C)C)c1ccc(OCc2ccccc2)c(F)c1. The molecule has 1 N–H and O–H groups in total. The van der Waals surface area contributed by atoms with Crippen molar-refractivity contribution in [3.63, 3.8) is 0 Å². The van der Waals surface area contributed by atoms with E-state index in [1.54, 1.807) is 13.0 Å². The molecule has 29 heavy (non-hydrogen) atoms. The molecule has 0 aliphatic heterocycles. The monoisotopic (exact) mass is 421 g/mol. The zero-order valence-electron chi connectivity index (χ0n) is 17.2. The molecule has 5 nitrogen and oxygen atoms in total. The number of nitrogens with one attached hydrogen (secondary N) is 1. The maximum absolute atomic E-state index is 14.6. The molecule has 0 aliphatic rings. The molecule has 2 atom stereocenters. The first-order valence-corrected chi connectivity index (χ1v) is 10.7. The minimum Gasteiger partial charge on any atom is -0.486 e. The highest BCUT2D eigenvalue weighted by atomic mass is 32.2. The number of carbonyl (C=O) groups excluding carboxylic acids is 1. The van der Waals surface area contributed by atoms with E-state index < -0.39 is 33.6 Å². The quantitative estimate of drug-likeness (QED) is 0.608. The van der Waals surface area contributed by atoms with E-state index >= 15 is 0 Å². The fraction of sp³-hybridized carbons (Fsp3) is 0.409. The van der Waals surface area contributed by atoms with Gasteiger partial charge in [-0.15, -0.1) is 0 Å². The highest BCUT2D eigenvalue weighted by Crippen LogP contribution is 2.26. The second-order valence-electron chi connectivity index (χ2n) is 7.52. The molecule has 0 radical (unpaired) electrons. The summed E-state index contributed by atoms with van der Waals surface area (Å²) in [5.74, 6) is -0.874. The number of ether oxygens (including phenoxy) is 2. The van der Waals surface area contributed by atoms with Crippen LogP contribution in [0.5, 0.6) is 5.75 Å². The van der Waals surface area contributed by atoms with Gasteiger partial charge < -0.3 is 9.47 Å². The van der Waals surface area contributed by atoms with Crippen LogP contribution in [-0.4, -0.2) is 21.5 Å². The molecule has 0 amide bonds. The van der Waals surface area contributed by atoms with Crippen LogP contribution < -0.4 is 9.46 Å². The molecule has 2 rings (SSSR count). The Bertz CT molecular complexity index is 836. The van der Waals surface area contributed by atoms with Gasteiger partial charge in [-0.05, 0) is 51.0 Å². The van der Waals surface area contributed by atoms with Crippen molar-refractivity contribution in [2.24, 2.45) is 0 Å². The third-order valence-corrected chi connectivity index (χ3v) is 5.69. The van der Waals surface area contributed by atoms with Crippen LogP contribution in [0, 0.1) is 5.82 Å². The van der Waals surface area contributed by atoms with Crippen LogP contribution in [0.15, 0.2) is 48.5 Å². The van der Waals surface area contributed by atoms with Crippen molar-refractivity contribution in [3.05, 3.63) is 65.5 Å². The van der Waals surface area contributed by atoms with Crippen LogP contribution in [0.3, 0.4) is 0 Å². The molecule has 2 aromatic carbocycles. The van der Waals surface area contributed by atoms with E-state index in [0.717, 1.165) is 5.56 Å². The first-order valence-electron chi connectivity index (χ1n) is 9.50. The zero-order valence-corrected chi connectivity index (χ0v) is 18.1. The van der Waals surface area contributed by atoms with Gasteiger partial charge in [-0.3, -0.25) is 4.79 Å². The zero-order chi connectivity index (χ0) is 21.4. The summed E-state index contributed by atoms with van der Waals surface area (Å²) in [5, 5.41) is 0. The molecule has 0 unspecified atom stereocenters. The smallest absolute Gasteiger partial charge is 0.307 e. The first kappa shape index (κ1) is 23.0. The van der Waals surface area contributed by atoms with Gasteiger partial charge in [-0.1, -0.05) is 36.4 Å². The van der Waals surface area contributed by atoms with Crippen LogP contribution in [0.25, 0.3) is 0 Å². The van der Waals surface area contributed by atoms with Crippen molar-refractivity contribution in [2.45, 2.75) is 51.5 Å². The lowest BCUT2D eigenvalue weighted by atomic mass is 10.0. The lowest BCUT2D eigenvalue weighted by Gasteiger charge is -2.24. The van der Waals surface area contributed by atoms with Gasteiger partial charge in [0.1, 0.15) is 6.61 Å². The number of rotatable bonds is 9. The molecule has 0 spiro atoms. The summed E-state index contributed by atoms with van der Waals surface area (Å²) in [5.41, 5.74) is 1.43. The molecule has 0 fully saturated rings. The summed E-state index contributed by atoms with van der Waals surface area (Å²) in [4.78, 5) is 12.0. The second kappa shape index (κ2) is 10.5. The van der Waals surface area contributed by atoms with Gasteiger partial charge in [0.15, 0.2) is 11.6 Å². The first-order chi connectivity index (χ1) is 13.7. The Hall–Kier alpha value is -2.25. The van der Waals surface area contributed by atoms with Gasteiger partial charge in [-0.2, -0.15) is 0 Å². The summed E-state index contributed by atoms with van der Waals surface area (Å²) < 4.78 is 40.1. The fourth-order valence-electron chi connectivity index (χ4n) is 2.51. The van der Waals surface area contributed by atoms with E-state index in [2.05, 4.69) is 4.72 Å². The highest BCUT2D eigenvalue weighted by molar-refractivity contribution is 7.84. The Morgan fingerprint density at radius 3 is 2.45 bits per heavy atom. The summed E-state index contributed by atoms with van der Waals surface area (Å²) >= 11 is 0. The van der Waals surface area contributed by atoms with Gasteiger partial charge in [0.25, 0.3) is 0 Å². The number of esters is 1. The van der Waals surface area contributed by atoms with Crippen molar-refractivity contribution in [1.29, 1.82) is 0 Å². The summed E-state index contributed by atoms with van der Waals surface area (Å²) in [6, 6.07) is 13.3. The Balaban J connectivity index is 2.17. The normalized spacial score (nSPS) is 13.6. The maximum atomic E-state index is 14.6.